The minimum Gasteiger partial charge on any atom is -0.399 e. The van der Waals surface area contributed by atoms with E-state index in [0.29, 0.717) is 32.7 Å². The van der Waals surface area contributed by atoms with E-state index in [0.717, 1.165) is 12.1 Å². The van der Waals surface area contributed by atoms with Crippen molar-refractivity contribution in [2.45, 2.75) is 12.6 Å². The maximum Gasteiger partial charge on any atom is 0.417 e. The first-order chi connectivity index (χ1) is 9.39. The number of hydrogen-bond donors (Lipinski definition) is 1. The zero-order valence-corrected chi connectivity index (χ0v) is 10.7. The molecule has 0 saturated carbocycles. The molecule has 20 heavy (non-hydrogen) atoms. The fourth-order valence-electron chi connectivity index (χ4n) is 2.10. The van der Waals surface area contributed by atoms with E-state index in [-0.39, 0.29) is 11.3 Å². The van der Waals surface area contributed by atoms with Crippen LogP contribution in [0.3, 0.4) is 0 Å². The van der Waals surface area contributed by atoms with E-state index in [1.165, 1.54) is 11.0 Å². The van der Waals surface area contributed by atoms with Crippen molar-refractivity contribution >= 4 is 11.6 Å². The van der Waals surface area contributed by atoms with Crippen molar-refractivity contribution < 1.29 is 22.7 Å². The van der Waals surface area contributed by atoms with Gasteiger partial charge in [0.25, 0.3) is 5.91 Å². The average molecular weight is 288 g/mol. The Morgan fingerprint density at radius 2 is 2.00 bits per heavy atom. The van der Waals surface area contributed by atoms with Crippen LogP contribution in [0.25, 0.3) is 0 Å². The van der Waals surface area contributed by atoms with Gasteiger partial charge >= 0.3 is 6.18 Å². The van der Waals surface area contributed by atoms with Crippen LogP contribution in [-0.2, 0) is 10.9 Å². The number of rotatable bonds is 1. The number of carbonyl (C=O) groups excluding carboxylic acids is 1. The molecule has 1 aromatic carbocycles. The van der Waals surface area contributed by atoms with Gasteiger partial charge in [-0.3, -0.25) is 4.79 Å². The Hall–Kier alpha value is -1.76. The number of nitrogens with zero attached hydrogens (tertiary/aromatic N) is 1. The summed E-state index contributed by atoms with van der Waals surface area (Å²) in [6.45, 7) is 1.53. The van der Waals surface area contributed by atoms with E-state index < -0.39 is 17.6 Å². The van der Waals surface area contributed by atoms with Crippen LogP contribution < -0.4 is 5.73 Å². The van der Waals surface area contributed by atoms with Crippen LogP contribution >= 0.6 is 0 Å². The predicted octanol–water partition coefficient (Wildman–Crippen LogP) is 2.15. The van der Waals surface area contributed by atoms with Gasteiger partial charge < -0.3 is 15.4 Å². The van der Waals surface area contributed by atoms with Crippen molar-refractivity contribution in [3.05, 3.63) is 29.3 Å². The molecule has 7 heteroatoms. The van der Waals surface area contributed by atoms with Gasteiger partial charge in [0.15, 0.2) is 0 Å². The fourth-order valence-corrected chi connectivity index (χ4v) is 2.10. The van der Waals surface area contributed by atoms with E-state index in [4.69, 9.17) is 10.5 Å². The van der Waals surface area contributed by atoms with Crippen molar-refractivity contribution in [3.63, 3.8) is 0 Å². The minimum absolute atomic E-state index is 0.0203. The molecule has 0 unspecified atom stereocenters. The third kappa shape index (κ3) is 3.22. The minimum atomic E-state index is -4.61. The highest BCUT2D eigenvalue weighted by Gasteiger charge is 2.36. The number of nitrogen functional groups attached to an aromatic ring is 1. The van der Waals surface area contributed by atoms with Crippen LogP contribution in [0.4, 0.5) is 18.9 Å². The predicted molar refractivity (Wildman–Crippen MR) is 67.2 cm³/mol. The fraction of sp³-hybridized carbons (Fsp3) is 0.462. The number of ether oxygens (including phenoxy) is 1. The van der Waals surface area contributed by atoms with Crippen LogP contribution in [0.15, 0.2) is 18.2 Å². The lowest BCUT2D eigenvalue weighted by atomic mass is 10.0. The van der Waals surface area contributed by atoms with Gasteiger partial charge in [-0.2, -0.15) is 13.2 Å². The van der Waals surface area contributed by atoms with Crippen molar-refractivity contribution in [2.24, 2.45) is 0 Å². The first-order valence-corrected chi connectivity index (χ1v) is 6.23. The summed E-state index contributed by atoms with van der Waals surface area (Å²) in [5.41, 5.74) is 4.00. The normalized spacial score (nSPS) is 16.9. The third-order valence-electron chi connectivity index (χ3n) is 3.09. The van der Waals surface area contributed by atoms with Crippen LogP contribution in [0.2, 0.25) is 0 Å². The summed E-state index contributed by atoms with van der Waals surface area (Å²) >= 11 is 0. The summed E-state index contributed by atoms with van der Waals surface area (Å²) in [4.78, 5) is 13.6. The second kappa shape index (κ2) is 5.70. The van der Waals surface area contributed by atoms with Gasteiger partial charge in [0, 0.05) is 25.4 Å². The van der Waals surface area contributed by atoms with E-state index in [1.54, 1.807) is 0 Å². The SMILES string of the molecule is Nc1ccc(C(=O)N2CCCOCC2)c(C(F)(F)F)c1. The summed E-state index contributed by atoms with van der Waals surface area (Å²) in [6.07, 6.45) is -4.00. The monoisotopic (exact) mass is 288 g/mol. The van der Waals surface area contributed by atoms with Gasteiger partial charge in [0.2, 0.25) is 0 Å². The van der Waals surface area contributed by atoms with Crippen LogP contribution in [0, 0.1) is 0 Å². The van der Waals surface area contributed by atoms with Gasteiger partial charge in [-0.25, -0.2) is 0 Å². The molecule has 2 N–H and O–H groups in total. The van der Waals surface area contributed by atoms with Gasteiger partial charge in [-0.15, -0.1) is 0 Å². The molecule has 1 amide bonds. The molecule has 1 aromatic rings. The number of benzene rings is 1. The molecule has 4 nitrogen and oxygen atoms in total. The molecule has 2 rings (SSSR count). The largest absolute Gasteiger partial charge is 0.417 e. The lowest BCUT2D eigenvalue weighted by Crippen LogP contribution is -2.34. The number of anilines is 1. The van der Waals surface area contributed by atoms with Gasteiger partial charge in [0.05, 0.1) is 17.7 Å². The molecular weight excluding hydrogens is 273 g/mol. The quantitative estimate of drug-likeness (QED) is 0.806. The Kier molecular flexibility index (Phi) is 4.17. The molecule has 0 aromatic heterocycles. The second-order valence-corrected chi connectivity index (χ2v) is 4.56. The first-order valence-electron chi connectivity index (χ1n) is 6.23. The maximum absolute atomic E-state index is 13.0. The number of hydrogen-bond acceptors (Lipinski definition) is 3. The summed E-state index contributed by atoms with van der Waals surface area (Å²) in [5.74, 6) is -0.636. The highest BCUT2D eigenvalue weighted by atomic mass is 19.4. The molecule has 110 valence electrons. The number of carbonyl (C=O) groups is 1. The van der Waals surface area contributed by atoms with Crippen molar-refractivity contribution in [3.8, 4) is 0 Å². The van der Waals surface area contributed by atoms with Crippen LogP contribution in [0.5, 0.6) is 0 Å². The zero-order valence-electron chi connectivity index (χ0n) is 10.7. The molecule has 1 fully saturated rings. The summed E-state index contributed by atoms with van der Waals surface area (Å²) < 4.78 is 44.1. The van der Waals surface area contributed by atoms with E-state index >= 15 is 0 Å². The summed E-state index contributed by atoms with van der Waals surface area (Å²) in [5, 5.41) is 0. The van der Waals surface area contributed by atoms with Crippen molar-refractivity contribution in [1.82, 2.24) is 4.90 Å². The maximum atomic E-state index is 13.0. The summed E-state index contributed by atoms with van der Waals surface area (Å²) in [6, 6.07) is 3.23. The average Bonchev–Trinajstić information content (AvgIpc) is 2.65. The Labute approximate surface area is 114 Å². The highest BCUT2D eigenvalue weighted by molar-refractivity contribution is 5.96. The van der Waals surface area contributed by atoms with E-state index in [2.05, 4.69) is 0 Å². The van der Waals surface area contributed by atoms with Crippen LogP contribution in [0.1, 0.15) is 22.3 Å². The molecule has 0 radical (unpaired) electrons. The number of amides is 1. The van der Waals surface area contributed by atoms with Gasteiger partial charge in [-0.1, -0.05) is 0 Å². The standard InChI is InChI=1S/C13H15F3N2O2/c14-13(15,16)11-8-9(17)2-3-10(11)12(19)18-4-1-6-20-7-5-18/h2-3,8H,1,4-7,17H2. The lowest BCUT2D eigenvalue weighted by Gasteiger charge is -2.22. The highest BCUT2D eigenvalue weighted by Crippen LogP contribution is 2.34. The smallest absolute Gasteiger partial charge is 0.399 e. The first kappa shape index (κ1) is 14.6. The Morgan fingerprint density at radius 3 is 2.70 bits per heavy atom. The second-order valence-electron chi connectivity index (χ2n) is 4.56. The molecular formula is C13H15F3N2O2. The topological polar surface area (TPSA) is 55.6 Å². The molecule has 0 spiro atoms. The lowest BCUT2D eigenvalue weighted by molar-refractivity contribution is -0.138. The van der Waals surface area contributed by atoms with E-state index in [1.807, 2.05) is 0 Å². The van der Waals surface area contributed by atoms with Crippen LogP contribution in [-0.4, -0.2) is 37.1 Å². The van der Waals surface area contributed by atoms with Crippen molar-refractivity contribution in [2.75, 3.05) is 32.0 Å². The van der Waals surface area contributed by atoms with Gasteiger partial charge in [-0.05, 0) is 24.6 Å². The molecule has 0 bridgehead atoms. The molecule has 0 atom stereocenters. The molecule has 1 saturated heterocycles. The Bertz CT molecular complexity index is 495. The third-order valence-corrected chi connectivity index (χ3v) is 3.09. The van der Waals surface area contributed by atoms with Gasteiger partial charge in [0.1, 0.15) is 0 Å². The number of halogens is 3. The summed E-state index contributed by atoms with van der Waals surface area (Å²) in [7, 11) is 0. The molecule has 0 aliphatic carbocycles. The zero-order chi connectivity index (χ0) is 14.8. The Morgan fingerprint density at radius 1 is 1.25 bits per heavy atom. The molecule has 1 aliphatic heterocycles. The number of alkyl halides is 3. The number of nitrogens with two attached hydrogens (primary N) is 1. The molecule has 1 heterocycles. The molecule has 1 aliphatic rings. The van der Waals surface area contributed by atoms with E-state index in [9.17, 15) is 18.0 Å². The Balaban J connectivity index is 2.33. The van der Waals surface area contributed by atoms with Crippen molar-refractivity contribution in [1.29, 1.82) is 0 Å².